The van der Waals surface area contributed by atoms with Crippen molar-refractivity contribution in [3.8, 4) is 0 Å². The van der Waals surface area contributed by atoms with Crippen LogP contribution in [0.5, 0.6) is 0 Å². The number of piperidine rings is 1. The van der Waals surface area contributed by atoms with Crippen LogP contribution in [0.25, 0.3) is 0 Å². The summed E-state index contributed by atoms with van der Waals surface area (Å²) in [5.74, 6) is 0.359. The first kappa shape index (κ1) is 18.8. The predicted molar refractivity (Wildman–Crippen MR) is 96.8 cm³/mol. The van der Waals surface area contributed by atoms with Crippen molar-refractivity contribution >= 4 is 23.4 Å². The molecule has 132 valence electrons. The van der Waals surface area contributed by atoms with Crippen LogP contribution in [-0.2, 0) is 9.59 Å². The Kier molecular flexibility index (Phi) is 5.92. The number of halogens is 1. The number of hydrogen-bond donors (Lipinski definition) is 1. The fourth-order valence-electron chi connectivity index (χ4n) is 3.45. The molecule has 0 radical (unpaired) electrons. The maximum Gasteiger partial charge on any atom is 0.229 e. The summed E-state index contributed by atoms with van der Waals surface area (Å²) in [5, 5.41) is 3.33. The van der Waals surface area contributed by atoms with E-state index in [-0.39, 0.29) is 24.3 Å². The predicted octanol–water partition coefficient (Wildman–Crippen LogP) is 3.80. The molecule has 2 amide bonds. The maximum atomic E-state index is 13.2. The zero-order valence-electron chi connectivity index (χ0n) is 14.9. The van der Waals surface area contributed by atoms with Gasteiger partial charge in [0.05, 0.1) is 11.5 Å². The summed E-state index contributed by atoms with van der Waals surface area (Å²) in [6.07, 6.45) is 1.80. The van der Waals surface area contributed by atoms with E-state index in [0.717, 1.165) is 12.0 Å². The van der Waals surface area contributed by atoms with Gasteiger partial charge in [-0.05, 0) is 36.5 Å². The summed E-state index contributed by atoms with van der Waals surface area (Å²) in [5.41, 5.74) is 0.480. The maximum absolute atomic E-state index is 13.2. The van der Waals surface area contributed by atoms with E-state index >= 15 is 0 Å². The third kappa shape index (κ3) is 4.10. The monoisotopic (exact) mass is 350 g/mol. The lowest BCUT2D eigenvalue weighted by atomic mass is 9.74. The van der Waals surface area contributed by atoms with Crippen molar-refractivity contribution in [1.29, 1.82) is 0 Å². The fourth-order valence-corrected chi connectivity index (χ4v) is 3.57. The highest BCUT2D eigenvalue weighted by Crippen LogP contribution is 2.43. The summed E-state index contributed by atoms with van der Waals surface area (Å²) in [7, 11) is 1.61. The molecule has 1 unspecified atom stereocenters. The van der Waals surface area contributed by atoms with Gasteiger partial charge in [0.2, 0.25) is 11.8 Å². The van der Waals surface area contributed by atoms with Crippen LogP contribution in [0.2, 0.25) is 5.02 Å². The Labute approximate surface area is 149 Å². The van der Waals surface area contributed by atoms with Gasteiger partial charge in [0.15, 0.2) is 0 Å². The van der Waals surface area contributed by atoms with E-state index in [1.807, 2.05) is 36.1 Å². The van der Waals surface area contributed by atoms with Crippen LogP contribution in [0.15, 0.2) is 24.3 Å². The number of carbonyl (C=O) groups is 2. The zero-order valence-corrected chi connectivity index (χ0v) is 15.7. The lowest BCUT2D eigenvalue weighted by Crippen LogP contribution is -2.51. The molecule has 0 saturated carbocycles. The second kappa shape index (κ2) is 7.56. The van der Waals surface area contributed by atoms with Gasteiger partial charge in [-0.2, -0.15) is 0 Å². The molecule has 24 heavy (non-hydrogen) atoms. The number of rotatable bonds is 5. The van der Waals surface area contributed by atoms with Crippen molar-refractivity contribution in [2.24, 2.45) is 11.3 Å². The highest BCUT2D eigenvalue weighted by molar-refractivity contribution is 6.30. The average molecular weight is 351 g/mol. The molecule has 4 nitrogen and oxygen atoms in total. The number of nitrogens with one attached hydrogen (secondary N) is 1. The largest absolute Gasteiger partial charge is 0.359 e. The van der Waals surface area contributed by atoms with Crippen LogP contribution >= 0.6 is 11.6 Å². The first-order valence-corrected chi connectivity index (χ1v) is 8.92. The molecule has 2 rings (SSSR count). The number of hydrogen-bond acceptors (Lipinski definition) is 2. The van der Waals surface area contributed by atoms with Gasteiger partial charge in [-0.15, -0.1) is 0 Å². The Morgan fingerprint density at radius 1 is 1.38 bits per heavy atom. The quantitative estimate of drug-likeness (QED) is 0.878. The van der Waals surface area contributed by atoms with Gasteiger partial charge in [-0.1, -0.05) is 44.5 Å². The lowest BCUT2D eigenvalue weighted by molar-refractivity contribution is -0.153. The minimum atomic E-state index is -0.627. The normalized spacial score (nSPS) is 24.3. The molecule has 1 aliphatic heterocycles. The van der Waals surface area contributed by atoms with Crippen molar-refractivity contribution < 1.29 is 9.59 Å². The van der Waals surface area contributed by atoms with E-state index in [4.69, 9.17) is 11.6 Å². The molecule has 1 aliphatic rings. The van der Waals surface area contributed by atoms with Crippen LogP contribution in [0, 0.1) is 11.3 Å². The molecule has 0 aromatic heterocycles. The smallest absolute Gasteiger partial charge is 0.229 e. The van der Waals surface area contributed by atoms with E-state index < -0.39 is 5.41 Å². The van der Waals surface area contributed by atoms with Gasteiger partial charge in [0, 0.05) is 25.0 Å². The van der Waals surface area contributed by atoms with Crippen molar-refractivity contribution in [1.82, 2.24) is 10.2 Å². The van der Waals surface area contributed by atoms with Crippen LogP contribution < -0.4 is 5.32 Å². The van der Waals surface area contributed by atoms with Gasteiger partial charge in [-0.3, -0.25) is 9.59 Å². The van der Waals surface area contributed by atoms with E-state index in [0.29, 0.717) is 23.9 Å². The number of carbonyl (C=O) groups excluding carboxylic acids is 2. The summed E-state index contributed by atoms with van der Waals surface area (Å²) in [6.45, 7) is 6.82. The van der Waals surface area contributed by atoms with Gasteiger partial charge >= 0.3 is 0 Å². The van der Waals surface area contributed by atoms with Crippen molar-refractivity contribution in [2.75, 3.05) is 13.6 Å². The zero-order chi connectivity index (χ0) is 17.9. The molecule has 1 fully saturated rings. The molecule has 0 spiro atoms. The lowest BCUT2D eigenvalue weighted by Gasteiger charge is -2.45. The third-order valence-electron chi connectivity index (χ3n) is 4.77. The molecule has 1 N–H and O–H groups in total. The minimum absolute atomic E-state index is 0.0509. The molecule has 2 atom stereocenters. The molecule has 0 aliphatic carbocycles. The van der Waals surface area contributed by atoms with Gasteiger partial charge in [0.1, 0.15) is 0 Å². The third-order valence-corrected chi connectivity index (χ3v) is 5.02. The van der Waals surface area contributed by atoms with E-state index in [9.17, 15) is 9.59 Å². The summed E-state index contributed by atoms with van der Waals surface area (Å²) in [4.78, 5) is 27.0. The minimum Gasteiger partial charge on any atom is -0.359 e. The Morgan fingerprint density at radius 3 is 2.54 bits per heavy atom. The molecular weight excluding hydrogens is 324 g/mol. The SMILES string of the molecule is CNC(=O)C[C@@]1(C)CCC(c2ccc(Cl)cc2)N(CC(C)C)C1=O. The van der Waals surface area contributed by atoms with Crippen LogP contribution in [0.3, 0.4) is 0 Å². The summed E-state index contributed by atoms with van der Waals surface area (Å²) < 4.78 is 0. The van der Waals surface area contributed by atoms with Gasteiger partial charge < -0.3 is 10.2 Å². The molecular formula is C19H27ClN2O2. The first-order valence-electron chi connectivity index (χ1n) is 8.54. The van der Waals surface area contributed by atoms with Crippen molar-refractivity contribution in [3.63, 3.8) is 0 Å². The first-order chi connectivity index (χ1) is 11.3. The second-order valence-corrected chi connectivity index (χ2v) is 7.80. The topological polar surface area (TPSA) is 49.4 Å². The van der Waals surface area contributed by atoms with Crippen LogP contribution in [0.4, 0.5) is 0 Å². The number of nitrogens with zero attached hydrogens (tertiary/aromatic N) is 1. The Hall–Kier alpha value is -1.55. The van der Waals surface area contributed by atoms with Crippen molar-refractivity contribution in [2.45, 2.75) is 46.1 Å². The molecule has 1 heterocycles. The second-order valence-electron chi connectivity index (χ2n) is 7.37. The summed E-state index contributed by atoms with van der Waals surface area (Å²) in [6, 6.07) is 7.78. The Balaban J connectivity index is 2.30. The average Bonchev–Trinajstić information content (AvgIpc) is 2.53. The summed E-state index contributed by atoms with van der Waals surface area (Å²) >= 11 is 5.99. The van der Waals surface area contributed by atoms with E-state index in [1.165, 1.54) is 0 Å². The highest BCUT2D eigenvalue weighted by Gasteiger charge is 2.45. The van der Waals surface area contributed by atoms with Crippen LogP contribution in [0.1, 0.15) is 51.6 Å². The van der Waals surface area contributed by atoms with Crippen LogP contribution in [-0.4, -0.2) is 30.3 Å². The molecule has 1 saturated heterocycles. The van der Waals surface area contributed by atoms with Gasteiger partial charge in [-0.25, -0.2) is 0 Å². The highest BCUT2D eigenvalue weighted by atomic mass is 35.5. The number of benzene rings is 1. The number of amides is 2. The Morgan fingerprint density at radius 2 is 2.00 bits per heavy atom. The van der Waals surface area contributed by atoms with E-state index in [2.05, 4.69) is 19.2 Å². The van der Waals surface area contributed by atoms with E-state index in [1.54, 1.807) is 7.05 Å². The molecule has 1 aromatic rings. The standard InChI is InChI=1S/C19H27ClN2O2/c1-13(2)12-22-16(14-5-7-15(20)8-6-14)9-10-19(3,18(22)24)11-17(23)21-4/h5-8,13,16H,9-12H2,1-4H3,(H,21,23)/t16?,19-/m1/s1. The van der Waals surface area contributed by atoms with Crippen molar-refractivity contribution in [3.05, 3.63) is 34.9 Å². The molecule has 5 heteroatoms. The fraction of sp³-hybridized carbons (Fsp3) is 0.579. The Bertz CT molecular complexity index is 600. The molecule has 0 bridgehead atoms. The molecule has 1 aromatic carbocycles. The number of likely N-dealkylation sites (tertiary alicyclic amines) is 1. The van der Waals surface area contributed by atoms with Gasteiger partial charge in [0.25, 0.3) is 0 Å².